The lowest BCUT2D eigenvalue weighted by Gasteiger charge is -2.09. The Morgan fingerprint density at radius 2 is 2.17 bits per heavy atom. The molecule has 0 bridgehead atoms. The Bertz CT molecular complexity index is 934. The summed E-state index contributed by atoms with van der Waals surface area (Å²) in [5, 5.41) is 19.1. The van der Waals surface area contributed by atoms with Gasteiger partial charge >= 0.3 is 0 Å². The first-order valence-corrected chi connectivity index (χ1v) is 7.68. The average Bonchev–Trinajstić information content (AvgIpc) is 3.18. The zero-order valence-corrected chi connectivity index (χ0v) is 13.1. The molecule has 1 aliphatic rings. The zero-order valence-electron chi connectivity index (χ0n) is 13.1. The number of aromatic nitrogens is 3. The SMILES string of the molecule is Cc1ccc([N+](=O)[O-])cc1-n1nc(-c2ccccn2)c2c1NCC2. The van der Waals surface area contributed by atoms with Crippen molar-refractivity contribution in [3.63, 3.8) is 0 Å². The van der Waals surface area contributed by atoms with E-state index in [4.69, 9.17) is 5.10 Å². The van der Waals surface area contributed by atoms with Crippen LogP contribution in [0.25, 0.3) is 17.1 Å². The molecule has 4 rings (SSSR count). The standard InChI is InChI=1S/C17H15N5O2/c1-11-5-6-12(22(23)24)10-15(11)21-17-13(7-9-19-17)16(20-21)14-4-2-3-8-18-14/h2-6,8,10,19H,7,9H2,1H3. The first kappa shape index (κ1) is 14.4. The molecule has 2 aromatic heterocycles. The summed E-state index contributed by atoms with van der Waals surface area (Å²) in [4.78, 5) is 15.1. The summed E-state index contributed by atoms with van der Waals surface area (Å²) in [6, 6.07) is 10.5. The normalized spacial score (nSPS) is 12.7. The number of fused-ring (bicyclic) bond motifs is 1. The van der Waals surface area contributed by atoms with Gasteiger partial charge in [0, 0.05) is 30.4 Å². The molecule has 0 aliphatic carbocycles. The molecule has 1 aromatic carbocycles. The van der Waals surface area contributed by atoms with E-state index in [1.54, 1.807) is 23.0 Å². The number of aryl methyl sites for hydroxylation is 1. The van der Waals surface area contributed by atoms with Crippen molar-refractivity contribution in [2.45, 2.75) is 13.3 Å². The molecule has 3 heterocycles. The van der Waals surface area contributed by atoms with E-state index < -0.39 is 0 Å². The molecule has 3 aromatic rings. The van der Waals surface area contributed by atoms with Crippen LogP contribution in [0, 0.1) is 17.0 Å². The van der Waals surface area contributed by atoms with Crippen molar-refractivity contribution in [3.05, 3.63) is 63.8 Å². The van der Waals surface area contributed by atoms with Crippen LogP contribution in [0.15, 0.2) is 42.6 Å². The quantitative estimate of drug-likeness (QED) is 0.591. The molecule has 7 nitrogen and oxygen atoms in total. The number of nitro benzene ring substituents is 1. The van der Waals surface area contributed by atoms with Crippen LogP contribution in [0.2, 0.25) is 0 Å². The Morgan fingerprint density at radius 3 is 2.92 bits per heavy atom. The van der Waals surface area contributed by atoms with Gasteiger partial charge in [-0.05, 0) is 31.0 Å². The third-order valence-electron chi connectivity index (χ3n) is 4.19. The largest absolute Gasteiger partial charge is 0.369 e. The molecule has 0 radical (unpaired) electrons. The first-order valence-electron chi connectivity index (χ1n) is 7.68. The Balaban J connectivity index is 1.92. The van der Waals surface area contributed by atoms with Crippen LogP contribution in [0.5, 0.6) is 0 Å². The van der Waals surface area contributed by atoms with Crippen molar-refractivity contribution < 1.29 is 4.92 Å². The molecular formula is C17H15N5O2. The minimum absolute atomic E-state index is 0.0530. The van der Waals surface area contributed by atoms with Crippen LogP contribution in [0.3, 0.4) is 0 Å². The molecule has 0 saturated heterocycles. The van der Waals surface area contributed by atoms with E-state index in [0.717, 1.165) is 41.3 Å². The molecule has 0 spiro atoms. The molecule has 1 aliphatic heterocycles. The van der Waals surface area contributed by atoms with Crippen LogP contribution in [-0.4, -0.2) is 26.2 Å². The number of nitro groups is 1. The van der Waals surface area contributed by atoms with Crippen molar-refractivity contribution in [2.24, 2.45) is 0 Å². The molecule has 0 unspecified atom stereocenters. The number of nitrogens with one attached hydrogen (secondary N) is 1. The maximum atomic E-state index is 11.1. The van der Waals surface area contributed by atoms with Gasteiger partial charge in [0.1, 0.15) is 11.5 Å². The minimum atomic E-state index is -0.389. The van der Waals surface area contributed by atoms with Gasteiger partial charge < -0.3 is 5.32 Å². The van der Waals surface area contributed by atoms with E-state index in [-0.39, 0.29) is 10.6 Å². The molecular weight excluding hydrogens is 306 g/mol. The van der Waals surface area contributed by atoms with E-state index in [2.05, 4.69) is 10.3 Å². The van der Waals surface area contributed by atoms with Gasteiger partial charge in [-0.1, -0.05) is 12.1 Å². The van der Waals surface area contributed by atoms with E-state index in [1.807, 2.05) is 25.1 Å². The van der Waals surface area contributed by atoms with E-state index in [1.165, 1.54) is 6.07 Å². The van der Waals surface area contributed by atoms with Crippen LogP contribution < -0.4 is 5.32 Å². The lowest BCUT2D eigenvalue weighted by atomic mass is 10.1. The maximum absolute atomic E-state index is 11.1. The van der Waals surface area contributed by atoms with Crippen molar-refractivity contribution >= 4 is 11.5 Å². The molecule has 1 N–H and O–H groups in total. The highest BCUT2D eigenvalue weighted by Crippen LogP contribution is 2.35. The van der Waals surface area contributed by atoms with Crippen LogP contribution in [0.4, 0.5) is 11.5 Å². The predicted octanol–water partition coefficient (Wildman–Crippen LogP) is 3.12. The van der Waals surface area contributed by atoms with E-state index >= 15 is 0 Å². The predicted molar refractivity (Wildman–Crippen MR) is 90.4 cm³/mol. The fourth-order valence-corrected chi connectivity index (χ4v) is 3.00. The second kappa shape index (κ2) is 5.45. The van der Waals surface area contributed by atoms with Gasteiger partial charge in [0.25, 0.3) is 5.69 Å². The number of rotatable bonds is 3. The molecule has 24 heavy (non-hydrogen) atoms. The molecule has 0 amide bonds. The highest BCUT2D eigenvalue weighted by molar-refractivity contribution is 5.71. The van der Waals surface area contributed by atoms with Gasteiger partial charge in [-0.25, -0.2) is 4.68 Å². The van der Waals surface area contributed by atoms with Crippen molar-refractivity contribution in [2.75, 3.05) is 11.9 Å². The summed E-state index contributed by atoms with van der Waals surface area (Å²) in [6.45, 7) is 2.74. The van der Waals surface area contributed by atoms with Gasteiger partial charge in [0.05, 0.1) is 16.3 Å². The van der Waals surface area contributed by atoms with Gasteiger partial charge in [-0.15, -0.1) is 0 Å². The van der Waals surface area contributed by atoms with Gasteiger partial charge in [0.2, 0.25) is 0 Å². The Hall–Kier alpha value is -3.22. The smallest absolute Gasteiger partial charge is 0.271 e. The highest BCUT2D eigenvalue weighted by Gasteiger charge is 2.25. The van der Waals surface area contributed by atoms with Gasteiger partial charge in [-0.2, -0.15) is 5.10 Å². The number of non-ortho nitro benzene ring substituents is 1. The number of anilines is 1. The zero-order chi connectivity index (χ0) is 16.7. The fourth-order valence-electron chi connectivity index (χ4n) is 3.00. The Labute approximate surface area is 138 Å². The van der Waals surface area contributed by atoms with E-state index in [9.17, 15) is 10.1 Å². The molecule has 7 heteroatoms. The molecule has 0 fully saturated rings. The van der Waals surface area contributed by atoms with Crippen molar-refractivity contribution in [3.8, 4) is 17.1 Å². The second-order valence-electron chi connectivity index (χ2n) is 5.71. The fraction of sp³-hybridized carbons (Fsp3) is 0.176. The van der Waals surface area contributed by atoms with Crippen molar-refractivity contribution in [1.82, 2.24) is 14.8 Å². The highest BCUT2D eigenvalue weighted by atomic mass is 16.6. The van der Waals surface area contributed by atoms with Gasteiger partial charge in [-0.3, -0.25) is 15.1 Å². The lowest BCUT2D eigenvalue weighted by molar-refractivity contribution is -0.384. The number of hydrogen-bond acceptors (Lipinski definition) is 5. The molecule has 0 atom stereocenters. The Kier molecular flexibility index (Phi) is 3.26. The molecule has 120 valence electrons. The van der Waals surface area contributed by atoms with E-state index in [0.29, 0.717) is 5.69 Å². The molecule has 0 saturated carbocycles. The van der Waals surface area contributed by atoms with Gasteiger partial charge in [0.15, 0.2) is 0 Å². The summed E-state index contributed by atoms with van der Waals surface area (Å²) < 4.78 is 1.76. The maximum Gasteiger partial charge on any atom is 0.271 e. The lowest BCUT2D eigenvalue weighted by Crippen LogP contribution is -2.06. The van der Waals surface area contributed by atoms with Crippen molar-refractivity contribution in [1.29, 1.82) is 0 Å². The second-order valence-corrected chi connectivity index (χ2v) is 5.71. The van der Waals surface area contributed by atoms with Crippen LogP contribution >= 0.6 is 0 Å². The van der Waals surface area contributed by atoms with Crippen LogP contribution in [0.1, 0.15) is 11.1 Å². The topological polar surface area (TPSA) is 85.9 Å². The summed E-state index contributed by atoms with van der Waals surface area (Å²) in [7, 11) is 0. The number of nitrogens with zero attached hydrogens (tertiary/aromatic N) is 4. The summed E-state index contributed by atoms with van der Waals surface area (Å²) >= 11 is 0. The third-order valence-corrected chi connectivity index (χ3v) is 4.19. The Morgan fingerprint density at radius 1 is 1.29 bits per heavy atom. The monoisotopic (exact) mass is 321 g/mol. The number of pyridine rings is 1. The summed E-state index contributed by atoms with van der Waals surface area (Å²) in [6.07, 6.45) is 2.59. The third kappa shape index (κ3) is 2.21. The number of benzene rings is 1. The minimum Gasteiger partial charge on any atom is -0.369 e. The first-order chi connectivity index (χ1) is 11.6. The van der Waals surface area contributed by atoms with Crippen LogP contribution in [-0.2, 0) is 6.42 Å². The summed E-state index contributed by atoms with van der Waals surface area (Å²) in [5.41, 5.74) is 4.40. The summed E-state index contributed by atoms with van der Waals surface area (Å²) in [5.74, 6) is 0.888. The average molecular weight is 321 g/mol. The number of hydrogen-bond donors (Lipinski definition) is 1.